The molecule has 1 fully saturated rings. The predicted molar refractivity (Wildman–Crippen MR) is 101 cm³/mol. The van der Waals surface area contributed by atoms with Gasteiger partial charge < -0.3 is 15.0 Å². The Morgan fingerprint density at radius 2 is 2.00 bits per heavy atom. The second-order valence-corrected chi connectivity index (χ2v) is 6.68. The number of amides is 1. The summed E-state index contributed by atoms with van der Waals surface area (Å²) >= 11 is 0. The van der Waals surface area contributed by atoms with E-state index < -0.39 is 11.9 Å². The zero-order valence-corrected chi connectivity index (χ0v) is 15.5. The minimum Gasteiger partial charge on any atom is -0.478 e. The van der Waals surface area contributed by atoms with E-state index in [1.165, 1.54) is 12.1 Å². The number of carbonyl (C=O) groups is 1. The van der Waals surface area contributed by atoms with E-state index in [4.69, 9.17) is 4.74 Å². The Balaban J connectivity index is 1.42. The van der Waals surface area contributed by atoms with Crippen LogP contribution >= 0.6 is 0 Å². The molecule has 146 valence electrons. The third kappa shape index (κ3) is 3.73. The van der Waals surface area contributed by atoms with Crippen LogP contribution in [0.5, 0.6) is 5.75 Å². The number of carbonyl (C=O) groups excluding carboxylic acids is 1. The lowest BCUT2D eigenvalue weighted by atomic mass is 10.3. The quantitative estimate of drug-likeness (QED) is 0.699. The first-order valence-electron chi connectivity index (χ1n) is 9.27. The second-order valence-electron chi connectivity index (χ2n) is 6.68. The van der Waals surface area contributed by atoms with Crippen LogP contribution in [-0.4, -0.2) is 44.9 Å². The summed E-state index contributed by atoms with van der Waals surface area (Å²) in [5, 5.41) is 15.5. The molecule has 0 unspecified atom stereocenters. The van der Waals surface area contributed by atoms with Crippen LogP contribution in [0.3, 0.4) is 0 Å². The molecular formula is C19H21FN6O2. The summed E-state index contributed by atoms with van der Waals surface area (Å²) in [4.78, 5) is 14.5. The number of ether oxygens (including phenoxy) is 1. The number of hydrogen-bond acceptors (Lipinski definition) is 6. The number of aromatic nitrogens is 4. The minimum atomic E-state index is -0.857. The Morgan fingerprint density at radius 1 is 1.21 bits per heavy atom. The molecule has 2 aromatic heterocycles. The standard InChI is InChI=1S/C19H21FN6O2/c1-13(28-15-7-3-2-6-14(15)20)19(27)21-12-18-23-22-16-8-9-17(24-26(16)18)25-10-4-5-11-25/h2-3,6-9,13H,4-5,10-12H2,1H3,(H,21,27)/t13-/m1/s1. The highest BCUT2D eigenvalue weighted by Gasteiger charge is 2.19. The van der Waals surface area contributed by atoms with Crippen molar-refractivity contribution >= 4 is 17.4 Å². The molecular weight excluding hydrogens is 363 g/mol. The van der Waals surface area contributed by atoms with E-state index in [1.54, 1.807) is 23.6 Å². The van der Waals surface area contributed by atoms with E-state index in [-0.39, 0.29) is 18.2 Å². The van der Waals surface area contributed by atoms with Gasteiger partial charge in [-0.3, -0.25) is 4.79 Å². The summed E-state index contributed by atoms with van der Waals surface area (Å²) in [5.74, 6) is 0.533. The molecule has 0 spiro atoms. The maximum atomic E-state index is 13.7. The predicted octanol–water partition coefficient (Wildman–Crippen LogP) is 1.95. The molecule has 3 aromatic rings. The number of nitrogens with one attached hydrogen (secondary N) is 1. The molecule has 1 aromatic carbocycles. The fourth-order valence-electron chi connectivity index (χ4n) is 3.14. The molecule has 9 heteroatoms. The molecule has 1 amide bonds. The van der Waals surface area contributed by atoms with Gasteiger partial charge in [-0.15, -0.1) is 15.3 Å². The largest absolute Gasteiger partial charge is 0.478 e. The first-order valence-corrected chi connectivity index (χ1v) is 9.27. The van der Waals surface area contributed by atoms with Gasteiger partial charge in [-0.2, -0.15) is 4.52 Å². The van der Waals surface area contributed by atoms with Crippen LogP contribution in [0.4, 0.5) is 10.2 Å². The van der Waals surface area contributed by atoms with Crippen molar-refractivity contribution in [2.75, 3.05) is 18.0 Å². The molecule has 28 heavy (non-hydrogen) atoms. The SMILES string of the molecule is C[C@@H](Oc1ccccc1F)C(=O)NCc1nnc2ccc(N3CCCC3)nn12. The van der Waals surface area contributed by atoms with Crippen molar-refractivity contribution in [3.8, 4) is 5.75 Å². The zero-order chi connectivity index (χ0) is 19.5. The Kier molecular flexibility index (Phi) is 5.05. The Bertz CT molecular complexity index is 985. The third-order valence-electron chi connectivity index (χ3n) is 4.67. The number of benzene rings is 1. The highest BCUT2D eigenvalue weighted by atomic mass is 19.1. The van der Waals surface area contributed by atoms with Crippen LogP contribution in [0, 0.1) is 5.82 Å². The van der Waals surface area contributed by atoms with E-state index in [0.717, 1.165) is 31.7 Å². The van der Waals surface area contributed by atoms with Crippen molar-refractivity contribution in [2.24, 2.45) is 0 Å². The van der Waals surface area contributed by atoms with Crippen molar-refractivity contribution in [1.29, 1.82) is 0 Å². The molecule has 1 saturated heterocycles. The van der Waals surface area contributed by atoms with Crippen molar-refractivity contribution in [3.63, 3.8) is 0 Å². The fourth-order valence-corrected chi connectivity index (χ4v) is 3.14. The molecule has 0 saturated carbocycles. The fraction of sp³-hybridized carbons (Fsp3) is 0.368. The molecule has 0 bridgehead atoms. The van der Waals surface area contributed by atoms with Gasteiger partial charge in [0, 0.05) is 13.1 Å². The van der Waals surface area contributed by atoms with E-state index in [2.05, 4.69) is 25.5 Å². The van der Waals surface area contributed by atoms with Crippen LogP contribution in [-0.2, 0) is 11.3 Å². The second kappa shape index (κ2) is 7.79. The summed E-state index contributed by atoms with van der Waals surface area (Å²) < 4.78 is 20.7. The van der Waals surface area contributed by atoms with Gasteiger partial charge in [-0.25, -0.2) is 4.39 Å². The Labute approximate surface area is 161 Å². The van der Waals surface area contributed by atoms with Gasteiger partial charge in [0.25, 0.3) is 5.91 Å². The number of rotatable bonds is 6. The molecule has 1 aliphatic rings. The van der Waals surface area contributed by atoms with Gasteiger partial charge in [-0.1, -0.05) is 12.1 Å². The number of fused-ring (bicyclic) bond motifs is 1. The molecule has 4 rings (SSSR count). The minimum absolute atomic E-state index is 0.0370. The molecule has 1 atom stereocenters. The summed E-state index contributed by atoms with van der Waals surface area (Å²) in [7, 11) is 0. The maximum absolute atomic E-state index is 13.7. The molecule has 0 aliphatic carbocycles. The highest BCUT2D eigenvalue weighted by Crippen LogP contribution is 2.18. The third-order valence-corrected chi connectivity index (χ3v) is 4.67. The van der Waals surface area contributed by atoms with Crippen LogP contribution in [0.1, 0.15) is 25.6 Å². The van der Waals surface area contributed by atoms with Crippen LogP contribution in [0.15, 0.2) is 36.4 Å². The van der Waals surface area contributed by atoms with E-state index in [0.29, 0.717) is 11.5 Å². The van der Waals surface area contributed by atoms with Crippen LogP contribution < -0.4 is 15.0 Å². The molecule has 1 aliphatic heterocycles. The molecule has 3 heterocycles. The van der Waals surface area contributed by atoms with Crippen LogP contribution in [0.25, 0.3) is 5.65 Å². The van der Waals surface area contributed by atoms with Crippen LogP contribution in [0.2, 0.25) is 0 Å². The summed E-state index contributed by atoms with van der Waals surface area (Å²) in [5.41, 5.74) is 0.614. The van der Waals surface area contributed by atoms with Crippen molar-refractivity contribution in [2.45, 2.75) is 32.4 Å². The van der Waals surface area contributed by atoms with Gasteiger partial charge in [0.05, 0.1) is 6.54 Å². The monoisotopic (exact) mass is 384 g/mol. The van der Waals surface area contributed by atoms with Gasteiger partial charge >= 0.3 is 0 Å². The van der Waals surface area contributed by atoms with E-state index in [1.807, 2.05) is 12.1 Å². The average Bonchev–Trinajstić information content (AvgIpc) is 3.37. The topological polar surface area (TPSA) is 84.6 Å². The van der Waals surface area contributed by atoms with Crippen molar-refractivity contribution in [3.05, 3.63) is 48.0 Å². The average molecular weight is 384 g/mol. The molecule has 8 nitrogen and oxygen atoms in total. The molecule has 0 radical (unpaired) electrons. The smallest absolute Gasteiger partial charge is 0.261 e. The van der Waals surface area contributed by atoms with Crippen molar-refractivity contribution in [1.82, 2.24) is 25.1 Å². The first-order chi connectivity index (χ1) is 13.6. The van der Waals surface area contributed by atoms with Gasteiger partial charge in [0.1, 0.15) is 5.82 Å². The lowest BCUT2D eigenvalue weighted by Crippen LogP contribution is -2.36. The number of anilines is 1. The summed E-state index contributed by atoms with van der Waals surface area (Å²) in [6, 6.07) is 9.77. The lowest BCUT2D eigenvalue weighted by molar-refractivity contribution is -0.127. The van der Waals surface area contributed by atoms with Crippen molar-refractivity contribution < 1.29 is 13.9 Å². The number of hydrogen-bond donors (Lipinski definition) is 1. The van der Waals surface area contributed by atoms with Gasteiger partial charge in [-0.05, 0) is 44.0 Å². The number of nitrogens with zero attached hydrogens (tertiary/aromatic N) is 5. The molecule has 1 N–H and O–H groups in total. The first kappa shape index (κ1) is 18.1. The number of halogens is 1. The Hall–Kier alpha value is -3.23. The lowest BCUT2D eigenvalue weighted by Gasteiger charge is -2.16. The summed E-state index contributed by atoms with van der Waals surface area (Å²) in [6.45, 7) is 3.67. The highest BCUT2D eigenvalue weighted by molar-refractivity contribution is 5.80. The maximum Gasteiger partial charge on any atom is 0.261 e. The van der Waals surface area contributed by atoms with E-state index in [9.17, 15) is 9.18 Å². The number of para-hydroxylation sites is 1. The Morgan fingerprint density at radius 3 is 2.79 bits per heavy atom. The van der Waals surface area contributed by atoms with E-state index >= 15 is 0 Å². The van der Waals surface area contributed by atoms with Gasteiger partial charge in [0.15, 0.2) is 29.1 Å². The zero-order valence-electron chi connectivity index (χ0n) is 15.5. The summed E-state index contributed by atoms with van der Waals surface area (Å²) in [6.07, 6.45) is 1.46. The van der Waals surface area contributed by atoms with Gasteiger partial charge in [0.2, 0.25) is 0 Å². The normalized spacial score (nSPS) is 15.0.